The van der Waals surface area contributed by atoms with Gasteiger partial charge in [-0.3, -0.25) is 9.59 Å². The van der Waals surface area contributed by atoms with Gasteiger partial charge in [0.1, 0.15) is 0 Å². The summed E-state index contributed by atoms with van der Waals surface area (Å²) in [6, 6.07) is 8.73. The number of carbonyl (C=O) groups is 2. The summed E-state index contributed by atoms with van der Waals surface area (Å²) in [7, 11) is 1.51. The molecule has 1 atom stereocenters. The van der Waals surface area contributed by atoms with Crippen molar-refractivity contribution < 1.29 is 14.3 Å². The average molecular weight is 355 g/mol. The fourth-order valence-corrected chi connectivity index (χ4v) is 3.06. The van der Waals surface area contributed by atoms with E-state index in [1.165, 1.54) is 7.11 Å². The quantitative estimate of drug-likeness (QED) is 0.845. The van der Waals surface area contributed by atoms with Crippen molar-refractivity contribution in [2.45, 2.75) is 12.8 Å². The number of piperidine rings is 1. The maximum atomic E-state index is 12.7. The number of hydrogen-bond donors (Lipinski definition) is 2. The Morgan fingerprint density at radius 1 is 1.23 bits per heavy atom. The summed E-state index contributed by atoms with van der Waals surface area (Å²) in [5.41, 5.74) is 13.0. The first-order valence-electron chi connectivity index (χ1n) is 8.35. The molecule has 1 aliphatic rings. The van der Waals surface area contributed by atoms with Gasteiger partial charge in [-0.2, -0.15) is 4.98 Å². The standard InChI is InChI=1S/C18H21N5O3/c1-26-15-9-14(21-18(20)22-15)11-4-6-12(7-5-11)17(25)23-8-2-3-13(10-23)16(19)24/h4-7,9,13H,2-3,8,10H2,1H3,(H2,19,24)(H2,20,21,22)/t13-/m0/s1. The maximum absolute atomic E-state index is 12.7. The van der Waals surface area contributed by atoms with E-state index in [-0.39, 0.29) is 23.7 Å². The summed E-state index contributed by atoms with van der Waals surface area (Å²) in [5, 5.41) is 0. The van der Waals surface area contributed by atoms with Crippen LogP contribution in [0, 0.1) is 5.92 Å². The van der Waals surface area contributed by atoms with Crippen LogP contribution < -0.4 is 16.2 Å². The Bertz CT molecular complexity index is 822. The number of carbonyl (C=O) groups excluding carboxylic acids is 2. The van der Waals surface area contributed by atoms with Crippen molar-refractivity contribution in [1.29, 1.82) is 0 Å². The monoisotopic (exact) mass is 355 g/mol. The van der Waals surface area contributed by atoms with Crippen LogP contribution in [0.2, 0.25) is 0 Å². The Hall–Kier alpha value is -3.16. The van der Waals surface area contributed by atoms with Gasteiger partial charge in [0, 0.05) is 30.3 Å². The van der Waals surface area contributed by atoms with Gasteiger partial charge in [-0.1, -0.05) is 12.1 Å². The minimum atomic E-state index is -0.354. The normalized spacial score (nSPS) is 17.0. The molecule has 26 heavy (non-hydrogen) atoms. The van der Waals surface area contributed by atoms with Crippen LogP contribution in [0.15, 0.2) is 30.3 Å². The first-order valence-corrected chi connectivity index (χ1v) is 8.35. The molecule has 0 bridgehead atoms. The van der Waals surface area contributed by atoms with E-state index in [2.05, 4.69) is 9.97 Å². The summed E-state index contributed by atoms with van der Waals surface area (Å²) >= 11 is 0. The van der Waals surface area contributed by atoms with E-state index < -0.39 is 0 Å². The van der Waals surface area contributed by atoms with Crippen LogP contribution in [0.25, 0.3) is 11.3 Å². The minimum absolute atomic E-state index is 0.109. The van der Waals surface area contributed by atoms with Gasteiger partial charge >= 0.3 is 0 Å². The van der Waals surface area contributed by atoms with Gasteiger partial charge in [-0.15, -0.1) is 0 Å². The molecule has 0 unspecified atom stereocenters. The molecule has 136 valence electrons. The van der Waals surface area contributed by atoms with Crippen LogP contribution in [-0.4, -0.2) is 46.9 Å². The fourth-order valence-electron chi connectivity index (χ4n) is 3.06. The average Bonchev–Trinajstić information content (AvgIpc) is 2.67. The van der Waals surface area contributed by atoms with Crippen molar-refractivity contribution in [3.63, 3.8) is 0 Å². The molecular weight excluding hydrogens is 334 g/mol. The molecule has 1 saturated heterocycles. The largest absolute Gasteiger partial charge is 0.481 e. The van der Waals surface area contributed by atoms with Crippen molar-refractivity contribution in [1.82, 2.24) is 14.9 Å². The van der Waals surface area contributed by atoms with E-state index in [4.69, 9.17) is 16.2 Å². The number of nitrogens with zero attached hydrogens (tertiary/aromatic N) is 3. The Morgan fingerprint density at radius 2 is 1.96 bits per heavy atom. The molecule has 1 fully saturated rings. The molecule has 8 nitrogen and oxygen atoms in total. The Kier molecular flexibility index (Phi) is 5.01. The van der Waals surface area contributed by atoms with Gasteiger partial charge in [0.15, 0.2) is 0 Å². The summed E-state index contributed by atoms with van der Waals surface area (Å²) in [4.78, 5) is 33.9. The van der Waals surface area contributed by atoms with Gasteiger partial charge < -0.3 is 21.1 Å². The summed E-state index contributed by atoms with van der Waals surface area (Å²) in [6.45, 7) is 1.000. The van der Waals surface area contributed by atoms with Crippen LogP contribution in [-0.2, 0) is 4.79 Å². The molecule has 0 saturated carbocycles. The second kappa shape index (κ2) is 7.38. The zero-order valence-electron chi connectivity index (χ0n) is 14.5. The van der Waals surface area contributed by atoms with Crippen molar-refractivity contribution in [3.05, 3.63) is 35.9 Å². The first-order chi connectivity index (χ1) is 12.5. The van der Waals surface area contributed by atoms with Crippen molar-refractivity contribution >= 4 is 17.8 Å². The fraction of sp³-hybridized carbons (Fsp3) is 0.333. The number of benzene rings is 1. The van der Waals surface area contributed by atoms with Crippen molar-refractivity contribution in [2.24, 2.45) is 11.7 Å². The maximum Gasteiger partial charge on any atom is 0.253 e. The molecule has 4 N–H and O–H groups in total. The summed E-state index contributed by atoms with van der Waals surface area (Å²) in [5.74, 6) is -0.248. The number of nitrogen functional groups attached to an aromatic ring is 1. The lowest BCUT2D eigenvalue weighted by Gasteiger charge is -2.31. The number of rotatable bonds is 4. The molecule has 2 amide bonds. The number of aromatic nitrogens is 2. The predicted octanol–water partition coefficient (Wildman–Crippen LogP) is 1.07. The number of amides is 2. The number of methoxy groups -OCH3 is 1. The SMILES string of the molecule is COc1cc(-c2ccc(C(=O)N3CCC[C@H](C(N)=O)C3)cc2)nc(N)n1. The van der Waals surface area contributed by atoms with Gasteiger partial charge in [0.25, 0.3) is 5.91 Å². The molecule has 1 aromatic carbocycles. The topological polar surface area (TPSA) is 124 Å². The van der Waals surface area contributed by atoms with Gasteiger partial charge in [0.2, 0.25) is 17.7 Å². The van der Waals surface area contributed by atoms with E-state index in [0.29, 0.717) is 30.2 Å². The zero-order valence-corrected chi connectivity index (χ0v) is 14.5. The number of likely N-dealkylation sites (tertiary alicyclic amines) is 1. The molecular formula is C18H21N5O3. The molecule has 2 heterocycles. The highest BCUT2D eigenvalue weighted by atomic mass is 16.5. The molecule has 0 spiro atoms. The predicted molar refractivity (Wildman–Crippen MR) is 96.3 cm³/mol. The third-order valence-corrected chi connectivity index (χ3v) is 4.47. The van der Waals surface area contributed by atoms with E-state index in [9.17, 15) is 9.59 Å². The van der Waals surface area contributed by atoms with E-state index in [1.807, 2.05) is 0 Å². The second-order valence-electron chi connectivity index (χ2n) is 6.22. The smallest absolute Gasteiger partial charge is 0.253 e. The minimum Gasteiger partial charge on any atom is -0.481 e. The van der Waals surface area contributed by atoms with Crippen LogP contribution in [0.1, 0.15) is 23.2 Å². The van der Waals surface area contributed by atoms with Crippen molar-refractivity contribution in [2.75, 3.05) is 25.9 Å². The summed E-state index contributed by atoms with van der Waals surface area (Å²) in [6.07, 6.45) is 1.51. The Balaban J connectivity index is 1.78. The van der Waals surface area contributed by atoms with Crippen LogP contribution >= 0.6 is 0 Å². The number of anilines is 1. The third-order valence-electron chi connectivity index (χ3n) is 4.47. The lowest BCUT2D eigenvalue weighted by molar-refractivity contribution is -0.123. The molecule has 0 radical (unpaired) electrons. The Morgan fingerprint density at radius 3 is 2.62 bits per heavy atom. The highest BCUT2D eigenvalue weighted by Crippen LogP contribution is 2.23. The van der Waals surface area contributed by atoms with Crippen LogP contribution in [0.5, 0.6) is 5.88 Å². The zero-order chi connectivity index (χ0) is 18.7. The molecule has 2 aromatic rings. The number of nitrogens with two attached hydrogens (primary N) is 2. The van der Waals surface area contributed by atoms with E-state index in [0.717, 1.165) is 18.4 Å². The highest BCUT2D eigenvalue weighted by molar-refractivity contribution is 5.95. The number of primary amides is 1. The van der Waals surface area contributed by atoms with Crippen molar-refractivity contribution in [3.8, 4) is 17.1 Å². The number of ether oxygens (including phenoxy) is 1. The molecule has 0 aliphatic carbocycles. The van der Waals surface area contributed by atoms with E-state index >= 15 is 0 Å². The molecule has 3 rings (SSSR count). The van der Waals surface area contributed by atoms with Crippen LogP contribution in [0.3, 0.4) is 0 Å². The lowest BCUT2D eigenvalue weighted by Crippen LogP contribution is -2.44. The first kappa shape index (κ1) is 17.7. The van der Waals surface area contributed by atoms with Gasteiger partial charge in [-0.25, -0.2) is 4.98 Å². The molecule has 1 aliphatic heterocycles. The Labute approximate surface area is 151 Å². The molecule has 8 heteroatoms. The second-order valence-corrected chi connectivity index (χ2v) is 6.22. The van der Waals surface area contributed by atoms with E-state index in [1.54, 1.807) is 35.2 Å². The number of hydrogen-bond acceptors (Lipinski definition) is 6. The van der Waals surface area contributed by atoms with Crippen LogP contribution in [0.4, 0.5) is 5.95 Å². The molecule has 1 aromatic heterocycles. The lowest BCUT2D eigenvalue weighted by atomic mass is 9.96. The van der Waals surface area contributed by atoms with Gasteiger partial charge in [-0.05, 0) is 25.0 Å². The highest BCUT2D eigenvalue weighted by Gasteiger charge is 2.27. The summed E-state index contributed by atoms with van der Waals surface area (Å²) < 4.78 is 5.10. The van der Waals surface area contributed by atoms with Gasteiger partial charge in [0.05, 0.1) is 18.7 Å². The third kappa shape index (κ3) is 3.74.